The molecule has 0 saturated carbocycles. The molecule has 0 unspecified atom stereocenters. The summed E-state index contributed by atoms with van der Waals surface area (Å²) in [5.41, 5.74) is 1.39. The summed E-state index contributed by atoms with van der Waals surface area (Å²) >= 11 is 1.90. The Bertz CT molecular complexity index is 322. The quantitative estimate of drug-likeness (QED) is 0.727. The van der Waals surface area contributed by atoms with Crippen molar-refractivity contribution in [3.8, 4) is 0 Å². The van der Waals surface area contributed by atoms with Gasteiger partial charge in [0.05, 0.1) is 0 Å². The predicted molar refractivity (Wildman–Crippen MR) is 82.3 cm³/mol. The van der Waals surface area contributed by atoms with Crippen molar-refractivity contribution in [3.05, 3.63) is 29.8 Å². The lowest BCUT2D eigenvalue weighted by atomic mass is 10.2. The highest BCUT2D eigenvalue weighted by Gasteiger charge is 2.01. The molecule has 1 N–H and O–H groups in total. The van der Waals surface area contributed by atoms with Gasteiger partial charge in [0.15, 0.2) is 0 Å². The summed E-state index contributed by atoms with van der Waals surface area (Å²) in [5, 5.41) is 3.44. The molecule has 0 aromatic heterocycles. The number of thioether (sulfide) groups is 1. The topological polar surface area (TPSA) is 15.3 Å². The zero-order valence-corrected chi connectivity index (χ0v) is 12.9. The third kappa shape index (κ3) is 6.43. The minimum atomic E-state index is 0.573. The van der Waals surface area contributed by atoms with Crippen LogP contribution in [-0.4, -0.2) is 36.8 Å². The fourth-order valence-corrected chi connectivity index (χ4v) is 2.45. The van der Waals surface area contributed by atoms with E-state index in [4.69, 9.17) is 0 Å². The zero-order chi connectivity index (χ0) is 13.4. The molecule has 0 atom stereocenters. The smallest absolute Gasteiger partial charge is 0.0231 e. The number of hydrogen-bond acceptors (Lipinski definition) is 3. The van der Waals surface area contributed by atoms with Crippen molar-refractivity contribution < 1.29 is 0 Å². The highest BCUT2D eigenvalue weighted by Crippen LogP contribution is 2.18. The van der Waals surface area contributed by atoms with Crippen LogP contribution in [0.25, 0.3) is 0 Å². The first-order valence-electron chi connectivity index (χ1n) is 6.75. The van der Waals surface area contributed by atoms with E-state index >= 15 is 0 Å². The van der Waals surface area contributed by atoms with Crippen molar-refractivity contribution in [2.45, 2.75) is 38.3 Å². The third-order valence-electron chi connectivity index (χ3n) is 2.73. The van der Waals surface area contributed by atoms with Gasteiger partial charge < -0.3 is 10.2 Å². The molecule has 0 bridgehead atoms. The number of likely N-dealkylation sites (N-methyl/N-ethyl adjacent to an activating group) is 1. The monoisotopic (exact) mass is 266 g/mol. The molecule has 0 spiro atoms. The van der Waals surface area contributed by atoms with E-state index in [9.17, 15) is 0 Å². The first-order valence-corrected chi connectivity index (χ1v) is 7.74. The molecular weight excluding hydrogens is 240 g/mol. The van der Waals surface area contributed by atoms with Crippen LogP contribution in [0.2, 0.25) is 0 Å². The Hall–Kier alpha value is -0.510. The Morgan fingerprint density at radius 2 is 1.89 bits per heavy atom. The van der Waals surface area contributed by atoms with Crippen molar-refractivity contribution >= 4 is 11.8 Å². The van der Waals surface area contributed by atoms with E-state index in [1.54, 1.807) is 0 Å². The van der Waals surface area contributed by atoms with Gasteiger partial charge in [-0.15, -0.1) is 11.8 Å². The average molecular weight is 266 g/mol. The first-order chi connectivity index (χ1) is 8.61. The summed E-state index contributed by atoms with van der Waals surface area (Å²) in [6.45, 7) is 9.72. The van der Waals surface area contributed by atoms with Crippen LogP contribution < -0.4 is 5.32 Å². The normalized spacial score (nSPS) is 11.4. The Labute approximate surface area is 116 Å². The van der Waals surface area contributed by atoms with Gasteiger partial charge in [-0.2, -0.15) is 0 Å². The van der Waals surface area contributed by atoms with E-state index in [0.717, 1.165) is 25.4 Å². The van der Waals surface area contributed by atoms with Gasteiger partial charge in [0.2, 0.25) is 0 Å². The molecule has 0 fully saturated rings. The predicted octanol–water partition coefficient (Wildman–Crippen LogP) is 3.23. The van der Waals surface area contributed by atoms with E-state index in [1.165, 1.54) is 10.5 Å². The number of hydrogen-bond donors (Lipinski definition) is 1. The fourth-order valence-electron chi connectivity index (χ4n) is 1.79. The molecule has 0 aliphatic rings. The summed E-state index contributed by atoms with van der Waals surface area (Å²) < 4.78 is 0. The molecule has 2 nitrogen and oxygen atoms in total. The standard InChI is InChI=1S/C15H26N2S/c1-5-18-15-8-6-14(7-9-15)12-17(4)11-10-16-13(2)3/h6-9,13,16H,5,10-12H2,1-4H3. The van der Waals surface area contributed by atoms with Gasteiger partial charge in [-0.05, 0) is 30.5 Å². The van der Waals surface area contributed by atoms with Crippen LogP contribution in [-0.2, 0) is 6.54 Å². The summed E-state index contributed by atoms with van der Waals surface area (Å²) in [7, 11) is 2.18. The van der Waals surface area contributed by atoms with Crippen LogP contribution in [0, 0.1) is 0 Å². The lowest BCUT2D eigenvalue weighted by molar-refractivity contribution is 0.320. The van der Waals surface area contributed by atoms with Gasteiger partial charge in [0.1, 0.15) is 0 Å². The van der Waals surface area contributed by atoms with Gasteiger partial charge in [-0.3, -0.25) is 0 Å². The van der Waals surface area contributed by atoms with E-state index in [0.29, 0.717) is 6.04 Å². The van der Waals surface area contributed by atoms with Crippen molar-refractivity contribution in [3.63, 3.8) is 0 Å². The van der Waals surface area contributed by atoms with E-state index in [1.807, 2.05) is 11.8 Å². The molecule has 1 rings (SSSR count). The lowest BCUT2D eigenvalue weighted by Gasteiger charge is -2.18. The number of rotatable bonds is 8. The molecule has 0 heterocycles. The minimum Gasteiger partial charge on any atom is -0.313 e. The third-order valence-corrected chi connectivity index (χ3v) is 3.63. The first kappa shape index (κ1) is 15.5. The van der Waals surface area contributed by atoms with Crippen molar-refractivity contribution in [1.82, 2.24) is 10.2 Å². The summed E-state index contributed by atoms with van der Waals surface area (Å²) in [6.07, 6.45) is 0. The molecule has 0 aliphatic carbocycles. The number of nitrogens with zero attached hydrogens (tertiary/aromatic N) is 1. The Morgan fingerprint density at radius 1 is 1.22 bits per heavy atom. The summed E-state index contributed by atoms with van der Waals surface area (Å²) in [4.78, 5) is 3.72. The van der Waals surface area contributed by atoms with E-state index in [2.05, 4.69) is 62.3 Å². The highest BCUT2D eigenvalue weighted by molar-refractivity contribution is 7.99. The molecule has 0 amide bonds. The van der Waals surface area contributed by atoms with Gasteiger partial charge in [0, 0.05) is 30.6 Å². The van der Waals surface area contributed by atoms with Gasteiger partial charge >= 0.3 is 0 Å². The second-order valence-electron chi connectivity index (χ2n) is 4.92. The zero-order valence-electron chi connectivity index (χ0n) is 12.1. The van der Waals surface area contributed by atoms with Crippen LogP contribution in [0.5, 0.6) is 0 Å². The van der Waals surface area contributed by atoms with E-state index < -0.39 is 0 Å². The summed E-state index contributed by atoms with van der Waals surface area (Å²) in [5.74, 6) is 1.14. The Balaban J connectivity index is 2.32. The van der Waals surface area contributed by atoms with Crippen LogP contribution in [0.3, 0.4) is 0 Å². The Morgan fingerprint density at radius 3 is 2.44 bits per heavy atom. The average Bonchev–Trinajstić information content (AvgIpc) is 2.31. The molecule has 18 heavy (non-hydrogen) atoms. The van der Waals surface area contributed by atoms with Crippen molar-refractivity contribution in [2.24, 2.45) is 0 Å². The molecule has 3 heteroatoms. The fraction of sp³-hybridized carbons (Fsp3) is 0.600. The summed E-state index contributed by atoms with van der Waals surface area (Å²) in [6, 6.07) is 9.51. The second kappa shape index (κ2) is 8.57. The highest BCUT2D eigenvalue weighted by atomic mass is 32.2. The van der Waals surface area contributed by atoms with Crippen LogP contribution in [0.1, 0.15) is 26.3 Å². The molecule has 1 aromatic carbocycles. The molecular formula is C15H26N2S. The largest absolute Gasteiger partial charge is 0.313 e. The number of benzene rings is 1. The maximum Gasteiger partial charge on any atom is 0.0231 e. The van der Waals surface area contributed by atoms with Gasteiger partial charge in [-0.25, -0.2) is 0 Å². The molecule has 1 aromatic rings. The van der Waals surface area contributed by atoms with Gasteiger partial charge in [0.25, 0.3) is 0 Å². The SMILES string of the molecule is CCSc1ccc(CN(C)CCNC(C)C)cc1. The molecule has 0 aliphatic heterocycles. The minimum absolute atomic E-state index is 0.573. The number of nitrogens with one attached hydrogen (secondary N) is 1. The van der Waals surface area contributed by atoms with Crippen molar-refractivity contribution in [2.75, 3.05) is 25.9 Å². The molecule has 0 radical (unpaired) electrons. The lowest BCUT2D eigenvalue weighted by Crippen LogP contribution is -2.32. The van der Waals surface area contributed by atoms with Crippen LogP contribution in [0.15, 0.2) is 29.2 Å². The van der Waals surface area contributed by atoms with E-state index in [-0.39, 0.29) is 0 Å². The van der Waals surface area contributed by atoms with Crippen molar-refractivity contribution in [1.29, 1.82) is 0 Å². The Kier molecular flexibility index (Phi) is 7.40. The van der Waals surface area contributed by atoms with Crippen LogP contribution in [0.4, 0.5) is 0 Å². The van der Waals surface area contributed by atoms with Gasteiger partial charge in [-0.1, -0.05) is 32.9 Å². The molecule has 0 saturated heterocycles. The maximum atomic E-state index is 3.44. The van der Waals surface area contributed by atoms with Crippen LogP contribution >= 0.6 is 11.8 Å². The maximum absolute atomic E-state index is 3.44. The molecule has 102 valence electrons. The second-order valence-corrected chi connectivity index (χ2v) is 6.26.